The Morgan fingerprint density at radius 2 is 1.69 bits per heavy atom. The molecule has 2 aromatic rings. The van der Waals surface area contributed by atoms with E-state index in [1.54, 1.807) is 36.4 Å². The highest BCUT2D eigenvalue weighted by molar-refractivity contribution is 6.22. The van der Waals surface area contributed by atoms with Gasteiger partial charge in [0.05, 0.1) is 30.2 Å². The van der Waals surface area contributed by atoms with E-state index in [1.807, 2.05) is 0 Å². The molecule has 3 atom stereocenters. The van der Waals surface area contributed by atoms with Gasteiger partial charge in [-0.3, -0.25) is 19.3 Å². The minimum Gasteiger partial charge on any atom is -0.497 e. The van der Waals surface area contributed by atoms with Crippen LogP contribution in [0.2, 0.25) is 0 Å². The predicted molar refractivity (Wildman–Crippen MR) is 117 cm³/mol. The van der Waals surface area contributed by atoms with E-state index in [4.69, 9.17) is 9.47 Å². The number of nitrogens with zero attached hydrogens (tertiary/aromatic N) is 1. The predicted octanol–water partition coefficient (Wildman–Crippen LogP) is 3.66. The zero-order valence-corrected chi connectivity index (χ0v) is 18.1. The van der Waals surface area contributed by atoms with E-state index < -0.39 is 12.6 Å². The van der Waals surface area contributed by atoms with Crippen molar-refractivity contribution in [2.75, 3.05) is 18.6 Å². The van der Waals surface area contributed by atoms with Gasteiger partial charge in [0.15, 0.2) is 12.4 Å². The third-order valence-electron chi connectivity index (χ3n) is 6.27. The molecule has 0 spiro atoms. The number of ketones is 1. The van der Waals surface area contributed by atoms with Crippen molar-refractivity contribution < 1.29 is 28.7 Å². The van der Waals surface area contributed by atoms with Crippen molar-refractivity contribution in [1.29, 1.82) is 0 Å². The zero-order valence-electron chi connectivity index (χ0n) is 18.1. The Labute approximate surface area is 186 Å². The number of carbonyl (C=O) groups is 4. The van der Waals surface area contributed by atoms with E-state index in [0.29, 0.717) is 22.9 Å². The minimum absolute atomic E-state index is 0.161. The number of imide groups is 1. The molecule has 0 aromatic heterocycles. The molecule has 0 unspecified atom stereocenters. The first-order valence-electron chi connectivity index (χ1n) is 10.7. The molecule has 7 nitrogen and oxygen atoms in total. The number of esters is 1. The molecule has 0 bridgehead atoms. The summed E-state index contributed by atoms with van der Waals surface area (Å²) in [4.78, 5) is 51.5. The molecule has 1 aliphatic heterocycles. The summed E-state index contributed by atoms with van der Waals surface area (Å²) in [7, 11) is 1.50. The van der Waals surface area contributed by atoms with Gasteiger partial charge >= 0.3 is 5.97 Å². The number of hydrogen-bond acceptors (Lipinski definition) is 6. The number of amides is 2. The topological polar surface area (TPSA) is 90.0 Å². The molecule has 2 fully saturated rings. The van der Waals surface area contributed by atoms with Gasteiger partial charge in [-0.1, -0.05) is 19.1 Å². The Bertz CT molecular complexity index is 1060. The van der Waals surface area contributed by atoms with Gasteiger partial charge in [-0.05, 0) is 61.6 Å². The van der Waals surface area contributed by atoms with Crippen LogP contribution in [0, 0.1) is 17.8 Å². The van der Waals surface area contributed by atoms with Crippen molar-refractivity contribution >= 4 is 29.3 Å². The summed E-state index contributed by atoms with van der Waals surface area (Å²) in [5, 5.41) is 0. The molecule has 166 valence electrons. The average Bonchev–Trinajstić information content (AvgIpc) is 3.06. The highest BCUT2D eigenvalue weighted by atomic mass is 16.5. The molecule has 1 saturated carbocycles. The van der Waals surface area contributed by atoms with Crippen LogP contribution in [-0.4, -0.2) is 37.3 Å². The number of Topliss-reactive ketones (excluding diaryl/α,β-unsaturated/α-hetero) is 1. The molecule has 1 aliphatic carbocycles. The lowest BCUT2D eigenvalue weighted by Gasteiger charge is -2.25. The van der Waals surface area contributed by atoms with Crippen molar-refractivity contribution in [3.05, 3.63) is 59.7 Å². The lowest BCUT2D eigenvalue weighted by molar-refractivity contribution is -0.122. The summed E-state index contributed by atoms with van der Waals surface area (Å²) in [6.45, 7) is 1.70. The molecule has 7 heteroatoms. The van der Waals surface area contributed by atoms with E-state index in [0.717, 1.165) is 19.3 Å². The molecule has 2 aliphatic rings. The Balaban J connectivity index is 1.40. The lowest BCUT2D eigenvalue weighted by atomic mass is 9.76. The van der Waals surface area contributed by atoms with E-state index in [1.165, 1.54) is 24.1 Å². The molecule has 0 N–H and O–H groups in total. The van der Waals surface area contributed by atoms with E-state index in [9.17, 15) is 19.2 Å². The van der Waals surface area contributed by atoms with Crippen molar-refractivity contribution in [3.8, 4) is 5.75 Å². The van der Waals surface area contributed by atoms with Crippen LogP contribution in [0.3, 0.4) is 0 Å². The summed E-state index contributed by atoms with van der Waals surface area (Å²) in [5.74, 6) is -0.850. The minimum atomic E-state index is -0.658. The molecular formula is C25H25NO6. The maximum Gasteiger partial charge on any atom is 0.338 e. The van der Waals surface area contributed by atoms with Crippen molar-refractivity contribution in [1.82, 2.24) is 0 Å². The van der Waals surface area contributed by atoms with Crippen LogP contribution >= 0.6 is 0 Å². The van der Waals surface area contributed by atoms with Crippen LogP contribution < -0.4 is 9.64 Å². The standard InChI is InChI=1S/C25H25NO6/c1-15-6-11-20-21(12-15)24(29)26(23(20)28)18-9-7-16(8-10-18)25(30)32-14-22(27)17-4-3-5-19(13-17)31-2/h3-5,7-10,13,15,20-21H,6,11-12,14H2,1-2H3/t15-,20+,21+/m0/s1. The fraction of sp³-hybridized carbons (Fsp3) is 0.360. The maximum absolute atomic E-state index is 12.8. The van der Waals surface area contributed by atoms with Gasteiger partial charge < -0.3 is 9.47 Å². The fourth-order valence-corrected chi connectivity index (χ4v) is 4.48. The third-order valence-corrected chi connectivity index (χ3v) is 6.27. The van der Waals surface area contributed by atoms with Crippen LogP contribution in [0.25, 0.3) is 0 Å². The van der Waals surface area contributed by atoms with Crippen molar-refractivity contribution in [2.45, 2.75) is 26.2 Å². The van der Waals surface area contributed by atoms with Crippen LogP contribution in [0.4, 0.5) is 5.69 Å². The highest BCUT2D eigenvalue weighted by Gasteiger charge is 2.49. The first-order valence-corrected chi connectivity index (χ1v) is 10.7. The van der Waals surface area contributed by atoms with Crippen LogP contribution in [0.15, 0.2) is 48.5 Å². The smallest absolute Gasteiger partial charge is 0.338 e. The second kappa shape index (κ2) is 8.94. The molecule has 0 radical (unpaired) electrons. The molecule has 32 heavy (non-hydrogen) atoms. The Morgan fingerprint density at radius 3 is 2.41 bits per heavy atom. The van der Waals surface area contributed by atoms with Crippen LogP contribution in [-0.2, 0) is 14.3 Å². The second-order valence-corrected chi connectivity index (χ2v) is 8.42. The molecule has 2 aromatic carbocycles. The summed E-state index contributed by atoms with van der Waals surface area (Å²) >= 11 is 0. The van der Waals surface area contributed by atoms with Crippen molar-refractivity contribution in [3.63, 3.8) is 0 Å². The Kier molecular flexibility index (Phi) is 6.08. The van der Waals surface area contributed by atoms with Crippen LogP contribution in [0.5, 0.6) is 5.75 Å². The van der Waals surface area contributed by atoms with Crippen molar-refractivity contribution in [2.24, 2.45) is 17.8 Å². The highest BCUT2D eigenvalue weighted by Crippen LogP contribution is 2.42. The first-order chi connectivity index (χ1) is 15.4. The largest absolute Gasteiger partial charge is 0.497 e. The number of carbonyl (C=O) groups excluding carboxylic acids is 4. The number of hydrogen-bond donors (Lipinski definition) is 0. The molecule has 4 rings (SSSR count). The number of fused-ring (bicyclic) bond motifs is 1. The van der Waals surface area contributed by atoms with Gasteiger partial charge in [0.25, 0.3) is 0 Å². The monoisotopic (exact) mass is 435 g/mol. The van der Waals surface area contributed by atoms with Gasteiger partial charge in [-0.15, -0.1) is 0 Å². The number of anilines is 1. The van der Waals surface area contributed by atoms with Gasteiger partial charge in [-0.2, -0.15) is 0 Å². The second-order valence-electron chi connectivity index (χ2n) is 8.42. The number of rotatable bonds is 6. The number of ether oxygens (including phenoxy) is 2. The van der Waals surface area contributed by atoms with Crippen LogP contribution in [0.1, 0.15) is 46.9 Å². The van der Waals surface area contributed by atoms with E-state index in [-0.39, 0.29) is 35.0 Å². The molecule has 2 amide bonds. The van der Waals surface area contributed by atoms with E-state index >= 15 is 0 Å². The van der Waals surface area contributed by atoms with Gasteiger partial charge in [-0.25, -0.2) is 4.79 Å². The zero-order chi connectivity index (χ0) is 22.8. The quantitative estimate of drug-likeness (QED) is 0.391. The Hall–Kier alpha value is -3.48. The third kappa shape index (κ3) is 4.15. The first kappa shape index (κ1) is 21.7. The number of methoxy groups -OCH3 is 1. The molecular weight excluding hydrogens is 410 g/mol. The summed E-state index contributed by atoms with van der Waals surface area (Å²) in [6.07, 6.45) is 2.42. The SMILES string of the molecule is COc1cccc(C(=O)COC(=O)c2ccc(N3C(=O)[C@@H]4CC[C@H](C)C[C@H]4C3=O)cc2)c1. The molecule has 1 saturated heterocycles. The van der Waals surface area contributed by atoms with Gasteiger partial charge in [0.2, 0.25) is 11.8 Å². The number of benzene rings is 2. The summed E-state index contributed by atoms with van der Waals surface area (Å²) in [5.41, 5.74) is 1.07. The summed E-state index contributed by atoms with van der Waals surface area (Å²) < 4.78 is 10.2. The Morgan fingerprint density at radius 1 is 0.969 bits per heavy atom. The van der Waals surface area contributed by atoms with Gasteiger partial charge in [0, 0.05) is 5.56 Å². The lowest BCUT2D eigenvalue weighted by Crippen LogP contribution is -2.30. The molecule has 1 heterocycles. The fourth-order valence-electron chi connectivity index (χ4n) is 4.48. The normalized spacial score (nSPS) is 22.4. The van der Waals surface area contributed by atoms with Gasteiger partial charge in [0.1, 0.15) is 5.75 Å². The maximum atomic E-state index is 12.8. The van der Waals surface area contributed by atoms with E-state index in [2.05, 4.69) is 6.92 Å². The summed E-state index contributed by atoms with van der Waals surface area (Å²) in [6, 6.07) is 12.7. The average molecular weight is 435 g/mol.